The summed E-state index contributed by atoms with van der Waals surface area (Å²) in [5.41, 5.74) is 3.72. The maximum absolute atomic E-state index is 12.7. The Morgan fingerprint density at radius 1 is 1.09 bits per heavy atom. The third-order valence-corrected chi connectivity index (χ3v) is 3.90. The molecule has 0 spiro atoms. The topological polar surface area (TPSA) is 69.4 Å². The molecule has 3 rings (SSSR count). The number of non-ortho nitro benzene ring substituents is 1. The van der Waals surface area contributed by atoms with Crippen LogP contribution in [0.5, 0.6) is 5.75 Å². The standard InChI is InChI=1S/C18H15NO4/c1-11-3-4-12(2)18-16(11)17(20)14(10-23-18)9-13-5-7-15(8-6-13)19(21)22/h3-9H,10H2,1-2H3/b14-9+. The third kappa shape index (κ3) is 2.73. The maximum Gasteiger partial charge on any atom is 0.269 e. The van der Waals surface area contributed by atoms with Crippen molar-refractivity contribution in [3.8, 4) is 5.75 Å². The molecule has 0 amide bonds. The van der Waals surface area contributed by atoms with Crippen molar-refractivity contribution in [2.45, 2.75) is 13.8 Å². The van der Waals surface area contributed by atoms with Gasteiger partial charge in [0.1, 0.15) is 12.4 Å². The number of rotatable bonds is 2. The Bertz CT molecular complexity index is 835. The van der Waals surface area contributed by atoms with E-state index >= 15 is 0 Å². The SMILES string of the molecule is Cc1ccc(C)c2c1OC/C(=C\c1ccc([N+](=O)[O-])cc1)C2=O. The van der Waals surface area contributed by atoms with Crippen LogP contribution in [0, 0.1) is 24.0 Å². The number of ether oxygens (including phenoxy) is 1. The largest absolute Gasteiger partial charge is 0.488 e. The van der Waals surface area contributed by atoms with E-state index in [4.69, 9.17) is 4.74 Å². The van der Waals surface area contributed by atoms with Crippen molar-refractivity contribution >= 4 is 17.5 Å². The number of fused-ring (bicyclic) bond motifs is 1. The number of carbonyl (C=O) groups excluding carboxylic acids is 1. The number of hydrogen-bond acceptors (Lipinski definition) is 4. The molecule has 5 heteroatoms. The summed E-state index contributed by atoms with van der Waals surface area (Å²) in [6.45, 7) is 4.00. The fourth-order valence-electron chi connectivity index (χ4n) is 2.63. The van der Waals surface area contributed by atoms with Crippen molar-refractivity contribution < 1.29 is 14.5 Å². The Balaban J connectivity index is 1.97. The van der Waals surface area contributed by atoms with Crippen LogP contribution in [0.1, 0.15) is 27.0 Å². The van der Waals surface area contributed by atoms with E-state index in [0.29, 0.717) is 16.9 Å². The molecule has 1 heterocycles. The van der Waals surface area contributed by atoms with Gasteiger partial charge in [-0.3, -0.25) is 14.9 Å². The minimum absolute atomic E-state index is 0.0233. The number of Topliss-reactive ketones (excluding diaryl/α,β-unsaturated/α-hetero) is 1. The van der Waals surface area contributed by atoms with Crippen molar-refractivity contribution in [1.29, 1.82) is 0 Å². The first kappa shape index (κ1) is 15.0. The van der Waals surface area contributed by atoms with Gasteiger partial charge in [0.05, 0.1) is 10.5 Å². The van der Waals surface area contributed by atoms with E-state index in [9.17, 15) is 14.9 Å². The lowest BCUT2D eigenvalue weighted by atomic mass is 9.93. The molecule has 0 saturated heterocycles. The third-order valence-electron chi connectivity index (χ3n) is 3.90. The fraction of sp³-hybridized carbons (Fsp3) is 0.167. The van der Waals surface area contributed by atoms with Crippen LogP contribution in [-0.4, -0.2) is 17.3 Å². The second-order valence-corrected chi connectivity index (χ2v) is 5.54. The van der Waals surface area contributed by atoms with Gasteiger partial charge in [0.15, 0.2) is 5.78 Å². The van der Waals surface area contributed by atoms with Gasteiger partial charge in [-0.2, -0.15) is 0 Å². The van der Waals surface area contributed by atoms with Gasteiger partial charge in [-0.05, 0) is 48.7 Å². The fourth-order valence-corrected chi connectivity index (χ4v) is 2.63. The summed E-state index contributed by atoms with van der Waals surface area (Å²) in [5, 5.41) is 10.7. The van der Waals surface area contributed by atoms with E-state index in [-0.39, 0.29) is 18.1 Å². The van der Waals surface area contributed by atoms with E-state index in [2.05, 4.69) is 0 Å². The number of benzene rings is 2. The Labute approximate surface area is 133 Å². The van der Waals surface area contributed by atoms with Crippen LogP contribution >= 0.6 is 0 Å². The van der Waals surface area contributed by atoms with Crippen molar-refractivity contribution in [2.75, 3.05) is 6.61 Å². The van der Waals surface area contributed by atoms with Crippen molar-refractivity contribution in [2.24, 2.45) is 0 Å². The number of hydrogen-bond donors (Lipinski definition) is 0. The lowest BCUT2D eigenvalue weighted by Crippen LogP contribution is -2.21. The minimum atomic E-state index is -0.450. The molecule has 0 atom stereocenters. The maximum atomic E-state index is 12.7. The molecule has 23 heavy (non-hydrogen) atoms. The van der Waals surface area contributed by atoms with Gasteiger partial charge in [-0.15, -0.1) is 0 Å². The monoisotopic (exact) mass is 309 g/mol. The van der Waals surface area contributed by atoms with Crippen LogP contribution in [0.15, 0.2) is 42.0 Å². The quantitative estimate of drug-likeness (QED) is 0.479. The minimum Gasteiger partial charge on any atom is -0.488 e. The molecule has 5 nitrogen and oxygen atoms in total. The van der Waals surface area contributed by atoms with E-state index in [0.717, 1.165) is 16.7 Å². The molecule has 0 unspecified atom stereocenters. The lowest BCUT2D eigenvalue weighted by molar-refractivity contribution is -0.384. The number of nitrogens with zero attached hydrogens (tertiary/aromatic N) is 1. The zero-order chi connectivity index (χ0) is 16.6. The Morgan fingerprint density at radius 3 is 2.39 bits per heavy atom. The molecule has 0 fully saturated rings. The number of aryl methyl sites for hydroxylation is 2. The van der Waals surface area contributed by atoms with Crippen molar-refractivity contribution in [3.63, 3.8) is 0 Å². The summed E-state index contributed by atoms with van der Waals surface area (Å²) in [6.07, 6.45) is 1.72. The van der Waals surface area contributed by atoms with Gasteiger partial charge >= 0.3 is 0 Å². The van der Waals surface area contributed by atoms with Crippen LogP contribution in [-0.2, 0) is 0 Å². The molecular weight excluding hydrogens is 294 g/mol. The first-order valence-electron chi connectivity index (χ1n) is 7.20. The van der Waals surface area contributed by atoms with E-state index < -0.39 is 4.92 Å². The average molecular weight is 309 g/mol. The van der Waals surface area contributed by atoms with E-state index in [1.54, 1.807) is 18.2 Å². The number of nitro benzene ring substituents is 1. The van der Waals surface area contributed by atoms with Crippen molar-refractivity contribution in [1.82, 2.24) is 0 Å². The molecule has 1 aliphatic heterocycles. The molecule has 0 radical (unpaired) electrons. The van der Waals surface area contributed by atoms with Crippen LogP contribution in [0.4, 0.5) is 5.69 Å². The Kier molecular flexibility index (Phi) is 3.70. The molecule has 2 aromatic carbocycles. The first-order chi connectivity index (χ1) is 11.0. The molecule has 0 aliphatic carbocycles. The normalized spacial score (nSPS) is 15.2. The van der Waals surface area contributed by atoms with Gasteiger partial charge in [0.25, 0.3) is 5.69 Å². The van der Waals surface area contributed by atoms with Crippen LogP contribution in [0.25, 0.3) is 6.08 Å². The van der Waals surface area contributed by atoms with Gasteiger partial charge in [-0.1, -0.05) is 12.1 Å². The second kappa shape index (κ2) is 5.68. The Hall–Kier alpha value is -2.95. The van der Waals surface area contributed by atoms with Crippen molar-refractivity contribution in [3.05, 3.63) is 74.3 Å². The summed E-state index contributed by atoms with van der Waals surface area (Å²) in [5.74, 6) is 0.599. The van der Waals surface area contributed by atoms with E-state index in [1.807, 2.05) is 26.0 Å². The first-order valence-corrected chi connectivity index (χ1v) is 7.20. The molecule has 0 bridgehead atoms. The highest BCUT2D eigenvalue weighted by Gasteiger charge is 2.26. The molecule has 0 N–H and O–H groups in total. The summed E-state index contributed by atoms with van der Waals surface area (Å²) in [6, 6.07) is 9.93. The number of carbonyl (C=O) groups is 1. The van der Waals surface area contributed by atoms with Gasteiger partial charge < -0.3 is 4.74 Å². The highest BCUT2D eigenvalue weighted by molar-refractivity contribution is 6.15. The predicted octanol–water partition coefficient (Wildman–Crippen LogP) is 3.87. The Morgan fingerprint density at radius 2 is 1.74 bits per heavy atom. The van der Waals surface area contributed by atoms with Gasteiger partial charge in [0, 0.05) is 17.7 Å². The zero-order valence-electron chi connectivity index (χ0n) is 12.8. The second-order valence-electron chi connectivity index (χ2n) is 5.54. The average Bonchev–Trinajstić information content (AvgIpc) is 2.53. The molecule has 116 valence electrons. The smallest absolute Gasteiger partial charge is 0.269 e. The zero-order valence-corrected chi connectivity index (χ0v) is 12.8. The van der Waals surface area contributed by atoms with E-state index in [1.165, 1.54) is 12.1 Å². The molecule has 1 aliphatic rings. The summed E-state index contributed by atoms with van der Waals surface area (Å²) in [4.78, 5) is 22.9. The number of ketones is 1. The summed E-state index contributed by atoms with van der Waals surface area (Å²) >= 11 is 0. The van der Waals surface area contributed by atoms with Gasteiger partial charge in [0.2, 0.25) is 0 Å². The van der Waals surface area contributed by atoms with Crippen LogP contribution in [0.3, 0.4) is 0 Å². The highest BCUT2D eigenvalue weighted by atomic mass is 16.6. The van der Waals surface area contributed by atoms with Crippen LogP contribution in [0.2, 0.25) is 0 Å². The lowest BCUT2D eigenvalue weighted by Gasteiger charge is -2.22. The number of nitro groups is 1. The predicted molar refractivity (Wildman–Crippen MR) is 86.8 cm³/mol. The van der Waals surface area contributed by atoms with Crippen LogP contribution < -0.4 is 4.74 Å². The molecule has 0 saturated carbocycles. The summed E-state index contributed by atoms with van der Waals surface area (Å²) in [7, 11) is 0. The molecule has 2 aromatic rings. The molecule has 0 aromatic heterocycles. The molecular formula is C18H15NO4. The highest BCUT2D eigenvalue weighted by Crippen LogP contribution is 2.33. The summed E-state index contributed by atoms with van der Waals surface area (Å²) < 4.78 is 5.75. The van der Waals surface area contributed by atoms with Gasteiger partial charge in [-0.25, -0.2) is 0 Å².